The monoisotopic (exact) mass is 215 g/mol. The van der Waals surface area contributed by atoms with Crippen molar-refractivity contribution < 1.29 is 0 Å². The van der Waals surface area contributed by atoms with E-state index in [-0.39, 0.29) is 0 Å². The van der Waals surface area contributed by atoms with Gasteiger partial charge in [-0.05, 0) is 29.0 Å². The van der Waals surface area contributed by atoms with Gasteiger partial charge in [-0.1, -0.05) is 51.7 Å². The van der Waals surface area contributed by atoms with Crippen molar-refractivity contribution in [1.29, 1.82) is 0 Å². The van der Waals surface area contributed by atoms with Gasteiger partial charge in [0.25, 0.3) is 0 Å². The van der Waals surface area contributed by atoms with Crippen LogP contribution in [0.3, 0.4) is 0 Å². The Morgan fingerprint density at radius 1 is 1.12 bits per heavy atom. The molecule has 1 heteroatoms. The molecule has 0 aliphatic rings. The van der Waals surface area contributed by atoms with E-state index in [1.54, 1.807) is 0 Å². The summed E-state index contributed by atoms with van der Waals surface area (Å²) in [5, 5.41) is 0. The maximum absolute atomic E-state index is 5.41. The first kappa shape index (κ1) is 12.8. The molecule has 0 spiro atoms. The predicted molar refractivity (Wildman–Crippen MR) is 70.6 cm³/mol. The molecule has 0 heterocycles. The van der Waals surface area contributed by atoms with E-state index in [4.69, 9.17) is 5.73 Å². The normalized spacial score (nSPS) is 10.4. The SMILES string of the molecule is CC(C)c1ccc(C#CCN)c(C(C)C)c1. The van der Waals surface area contributed by atoms with Gasteiger partial charge < -0.3 is 5.73 Å². The predicted octanol–water partition coefficient (Wildman–Crippen LogP) is 3.24. The van der Waals surface area contributed by atoms with Crippen molar-refractivity contribution in [3.8, 4) is 11.8 Å². The lowest BCUT2D eigenvalue weighted by atomic mass is 9.92. The van der Waals surface area contributed by atoms with Gasteiger partial charge in [0.1, 0.15) is 0 Å². The van der Waals surface area contributed by atoms with Crippen LogP contribution in [-0.4, -0.2) is 6.54 Å². The summed E-state index contributed by atoms with van der Waals surface area (Å²) in [6, 6.07) is 6.56. The van der Waals surface area contributed by atoms with Crippen molar-refractivity contribution in [2.45, 2.75) is 39.5 Å². The average Bonchev–Trinajstić information content (AvgIpc) is 2.25. The maximum Gasteiger partial charge on any atom is 0.0555 e. The molecule has 0 saturated heterocycles. The second-order valence-corrected chi connectivity index (χ2v) is 4.66. The Morgan fingerprint density at radius 2 is 1.81 bits per heavy atom. The number of benzene rings is 1. The molecule has 0 fully saturated rings. The standard InChI is InChI=1S/C15H21N/c1-11(2)14-8-7-13(6-5-9-16)15(10-14)12(3)4/h7-8,10-12H,9,16H2,1-4H3. The molecule has 86 valence electrons. The summed E-state index contributed by atoms with van der Waals surface area (Å²) in [7, 11) is 0. The van der Waals surface area contributed by atoms with Gasteiger partial charge in [-0.3, -0.25) is 0 Å². The third-order valence-corrected chi connectivity index (χ3v) is 2.69. The summed E-state index contributed by atoms with van der Waals surface area (Å²) >= 11 is 0. The molecule has 0 aromatic heterocycles. The second-order valence-electron chi connectivity index (χ2n) is 4.66. The van der Waals surface area contributed by atoms with E-state index >= 15 is 0 Å². The average molecular weight is 215 g/mol. The number of rotatable bonds is 2. The van der Waals surface area contributed by atoms with E-state index in [1.807, 2.05) is 0 Å². The summed E-state index contributed by atoms with van der Waals surface area (Å²) in [5.41, 5.74) is 9.23. The van der Waals surface area contributed by atoms with E-state index in [0.29, 0.717) is 18.4 Å². The quantitative estimate of drug-likeness (QED) is 0.753. The summed E-state index contributed by atoms with van der Waals surface area (Å²) in [4.78, 5) is 0. The van der Waals surface area contributed by atoms with E-state index < -0.39 is 0 Å². The summed E-state index contributed by atoms with van der Waals surface area (Å²) in [6.45, 7) is 9.25. The van der Waals surface area contributed by atoms with Crippen LogP contribution < -0.4 is 5.73 Å². The highest BCUT2D eigenvalue weighted by atomic mass is 14.5. The maximum atomic E-state index is 5.41. The minimum Gasteiger partial charge on any atom is -0.320 e. The molecule has 1 rings (SSSR count). The fourth-order valence-electron chi connectivity index (χ4n) is 1.68. The summed E-state index contributed by atoms with van der Waals surface area (Å²) in [6.07, 6.45) is 0. The molecule has 0 atom stereocenters. The molecule has 0 unspecified atom stereocenters. The van der Waals surface area contributed by atoms with Gasteiger partial charge in [0.05, 0.1) is 6.54 Å². The first-order valence-corrected chi connectivity index (χ1v) is 5.89. The van der Waals surface area contributed by atoms with E-state index in [2.05, 4.69) is 57.7 Å². The highest BCUT2D eigenvalue weighted by Gasteiger charge is 2.07. The molecule has 0 saturated carbocycles. The Hall–Kier alpha value is -1.26. The highest BCUT2D eigenvalue weighted by Crippen LogP contribution is 2.24. The first-order chi connectivity index (χ1) is 7.56. The highest BCUT2D eigenvalue weighted by molar-refractivity contribution is 5.45. The Morgan fingerprint density at radius 3 is 2.31 bits per heavy atom. The van der Waals surface area contributed by atoms with E-state index in [9.17, 15) is 0 Å². The van der Waals surface area contributed by atoms with Crippen LogP contribution in [0.5, 0.6) is 0 Å². The van der Waals surface area contributed by atoms with Crippen LogP contribution in [0.2, 0.25) is 0 Å². The topological polar surface area (TPSA) is 26.0 Å². The molecular weight excluding hydrogens is 194 g/mol. The van der Waals surface area contributed by atoms with Gasteiger partial charge in [-0.15, -0.1) is 0 Å². The number of nitrogens with two attached hydrogens (primary N) is 1. The van der Waals surface area contributed by atoms with Gasteiger partial charge in [0.2, 0.25) is 0 Å². The van der Waals surface area contributed by atoms with Crippen LogP contribution in [0.1, 0.15) is 56.2 Å². The Balaban J connectivity index is 3.19. The second kappa shape index (κ2) is 5.72. The first-order valence-electron chi connectivity index (χ1n) is 5.89. The summed E-state index contributed by atoms with van der Waals surface area (Å²) in [5.74, 6) is 7.14. The van der Waals surface area contributed by atoms with Gasteiger partial charge in [-0.2, -0.15) is 0 Å². The minimum atomic E-state index is 0.420. The van der Waals surface area contributed by atoms with Crippen molar-refractivity contribution in [3.63, 3.8) is 0 Å². The van der Waals surface area contributed by atoms with E-state index in [0.717, 1.165) is 5.56 Å². The molecular formula is C15H21N. The Bertz CT molecular complexity index is 405. The van der Waals surface area contributed by atoms with Gasteiger partial charge >= 0.3 is 0 Å². The molecule has 0 aliphatic heterocycles. The molecule has 0 radical (unpaired) electrons. The van der Waals surface area contributed by atoms with Crippen molar-refractivity contribution in [2.75, 3.05) is 6.54 Å². The summed E-state index contributed by atoms with van der Waals surface area (Å²) < 4.78 is 0. The van der Waals surface area contributed by atoms with Crippen LogP contribution in [0, 0.1) is 11.8 Å². The third kappa shape index (κ3) is 3.12. The van der Waals surface area contributed by atoms with Crippen LogP contribution in [0.4, 0.5) is 0 Å². The van der Waals surface area contributed by atoms with Gasteiger partial charge in [-0.25, -0.2) is 0 Å². The minimum absolute atomic E-state index is 0.420. The molecule has 16 heavy (non-hydrogen) atoms. The van der Waals surface area contributed by atoms with Crippen LogP contribution >= 0.6 is 0 Å². The fourth-order valence-corrected chi connectivity index (χ4v) is 1.68. The van der Waals surface area contributed by atoms with Crippen LogP contribution in [0.15, 0.2) is 18.2 Å². The van der Waals surface area contributed by atoms with Crippen molar-refractivity contribution in [2.24, 2.45) is 5.73 Å². The molecule has 1 aromatic rings. The number of hydrogen-bond acceptors (Lipinski definition) is 1. The van der Waals surface area contributed by atoms with Gasteiger partial charge in [0, 0.05) is 5.56 Å². The zero-order valence-electron chi connectivity index (χ0n) is 10.7. The Kier molecular flexibility index (Phi) is 4.58. The zero-order valence-corrected chi connectivity index (χ0v) is 10.7. The Labute approximate surface area is 99.1 Å². The van der Waals surface area contributed by atoms with Crippen LogP contribution in [-0.2, 0) is 0 Å². The third-order valence-electron chi connectivity index (χ3n) is 2.69. The van der Waals surface area contributed by atoms with Crippen molar-refractivity contribution >= 4 is 0 Å². The van der Waals surface area contributed by atoms with Crippen LogP contribution in [0.25, 0.3) is 0 Å². The van der Waals surface area contributed by atoms with E-state index in [1.165, 1.54) is 11.1 Å². The molecule has 0 aliphatic carbocycles. The lowest BCUT2D eigenvalue weighted by Gasteiger charge is -2.13. The number of hydrogen-bond donors (Lipinski definition) is 1. The lowest BCUT2D eigenvalue weighted by molar-refractivity contribution is 0.831. The molecule has 1 aromatic carbocycles. The molecule has 2 N–H and O–H groups in total. The van der Waals surface area contributed by atoms with Gasteiger partial charge in [0.15, 0.2) is 0 Å². The zero-order chi connectivity index (χ0) is 12.1. The molecule has 0 amide bonds. The fraction of sp³-hybridized carbons (Fsp3) is 0.467. The molecule has 1 nitrogen and oxygen atoms in total. The molecule has 0 bridgehead atoms. The largest absolute Gasteiger partial charge is 0.320 e. The smallest absolute Gasteiger partial charge is 0.0555 e. The van der Waals surface area contributed by atoms with Crippen molar-refractivity contribution in [3.05, 3.63) is 34.9 Å². The lowest BCUT2D eigenvalue weighted by Crippen LogP contribution is -1.98. The van der Waals surface area contributed by atoms with Crippen molar-refractivity contribution in [1.82, 2.24) is 0 Å².